The first-order chi connectivity index (χ1) is 9.05. The zero-order valence-electron chi connectivity index (χ0n) is 11.1. The molecular weight excluding hydrogens is 258 g/mol. The molecule has 3 nitrogen and oxygen atoms in total. The lowest BCUT2D eigenvalue weighted by atomic mass is 10.1. The highest BCUT2D eigenvalue weighted by atomic mass is 32.2. The first-order valence-corrected chi connectivity index (χ1v) is 7.62. The van der Waals surface area contributed by atoms with Crippen molar-refractivity contribution in [2.75, 3.05) is 11.4 Å². The number of hydrogen-bond acceptors (Lipinski definition) is 2. The lowest BCUT2D eigenvalue weighted by Gasteiger charge is -2.19. The van der Waals surface area contributed by atoms with Gasteiger partial charge in [-0.05, 0) is 36.2 Å². The molecule has 0 radical (unpaired) electrons. The Morgan fingerprint density at radius 1 is 0.947 bits per heavy atom. The molecule has 0 aliphatic carbocycles. The molecule has 0 aliphatic heterocycles. The number of sulfonamides is 1. The Bertz CT molecular complexity index is 634. The van der Waals surface area contributed by atoms with E-state index in [1.54, 1.807) is 37.4 Å². The molecule has 19 heavy (non-hydrogen) atoms. The van der Waals surface area contributed by atoms with E-state index in [0.29, 0.717) is 10.6 Å². The van der Waals surface area contributed by atoms with Crippen molar-refractivity contribution in [2.45, 2.75) is 18.2 Å². The van der Waals surface area contributed by atoms with Crippen molar-refractivity contribution >= 4 is 15.7 Å². The molecule has 0 saturated carbocycles. The maximum atomic E-state index is 12.4. The van der Waals surface area contributed by atoms with Crippen LogP contribution in [0.5, 0.6) is 0 Å². The predicted octanol–water partition coefficient (Wildman–Crippen LogP) is 3.07. The average Bonchev–Trinajstić information content (AvgIpc) is 2.47. The maximum Gasteiger partial charge on any atom is 0.264 e. The van der Waals surface area contributed by atoms with Crippen LogP contribution in [-0.4, -0.2) is 15.5 Å². The number of hydrogen-bond donors (Lipinski definition) is 0. The quantitative estimate of drug-likeness (QED) is 0.860. The fourth-order valence-electron chi connectivity index (χ4n) is 1.83. The summed E-state index contributed by atoms with van der Waals surface area (Å²) in [5.74, 6) is 0. The molecule has 0 aromatic heterocycles. The molecule has 100 valence electrons. The molecule has 0 atom stereocenters. The Morgan fingerprint density at radius 2 is 1.53 bits per heavy atom. The van der Waals surface area contributed by atoms with Crippen molar-refractivity contribution in [1.29, 1.82) is 0 Å². The fourth-order valence-corrected chi connectivity index (χ4v) is 3.05. The fraction of sp³-hybridized carbons (Fsp3) is 0.200. The third kappa shape index (κ3) is 2.79. The predicted molar refractivity (Wildman–Crippen MR) is 77.9 cm³/mol. The highest BCUT2D eigenvalue weighted by Crippen LogP contribution is 2.22. The van der Waals surface area contributed by atoms with Crippen molar-refractivity contribution in [2.24, 2.45) is 0 Å². The molecule has 0 bridgehead atoms. The zero-order valence-corrected chi connectivity index (χ0v) is 11.9. The Kier molecular flexibility index (Phi) is 3.90. The minimum Gasteiger partial charge on any atom is -0.269 e. The molecule has 0 saturated heterocycles. The molecule has 2 aromatic carbocycles. The van der Waals surface area contributed by atoms with Gasteiger partial charge in [0.2, 0.25) is 0 Å². The van der Waals surface area contributed by atoms with Gasteiger partial charge in [0.15, 0.2) is 0 Å². The number of anilines is 1. The SMILES string of the molecule is CCc1ccc(N(C)S(=O)(=O)c2ccccc2)cc1. The summed E-state index contributed by atoms with van der Waals surface area (Å²) in [5, 5.41) is 0. The van der Waals surface area contributed by atoms with E-state index in [1.807, 2.05) is 24.3 Å². The summed E-state index contributed by atoms with van der Waals surface area (Å²) in [4.78, 5) is 0.303. The molecule has 2 aromatic rings. The summed E-state index contributed by atoms with van der Waals surface area (Å²) >= 11 is 0. The van der Waals surface area contributed by atoms with Crippen molar-refractivity contribution in [3.63, 3.8) is 0 Å². The third-order valence-corrected chi connectivity index (χ3v) is 4.91. The van der Waals surface area contributed by atoms with Crippen LogP contribution in [0.15, 0.2) is 59.5 Å². The maximum absolute atomic E-state index is 12.4. The van der Waals surface area contributed by atoms with Crippen LogP contribution in [0.2, 0.25) is 0 Å². The molecule has 0 amide bonds. The number of rotatable bonds is 4. The molecule has 2 rings (SSSR count). The van der Waals surface area contributed by atoms with Crippen molar-refractivity contribution in [3.05, 3.63) is 60.2 Å². The van der Waals surface area contributed by atoms with Gasteiger partial charge in [0.1, 0.15) is 0 Å². The molecule has 0 spiro atoms. The monoisotopic (exact) mass is 275 g/mol. The molecular formula is C15H17NO2S. The average molecular weight is 275 g/mol. The first-order valence-electron chi connectivity index (χ1n) is 6.18. The Labute approximate surface area is 114 Å². The van der Waals surface area contributed by atoms with Crippen LogP contribution in [0.1, 0.15) is 12.5 Å². The number of aryl methyl sites for hydroxylation is 1. The van der Waals surface area contributed by atoms with Gasteiger partial charge in [-0.25, -0.2) is 8.42 Å². The lowest BCUT2D eigenvalue weighted by molar-refractivity contribution is 0.594. The largest absolute Gasteiger partial charge is 0.269 e. The highest BCUT2D eigenvalue weighted by molar-refractivity contribution is 7.92. The van der Waals surface area contributed by atoms with E-state index in [9.17, 15) is 8.42 Å². The van der Waals surface area contributed by atoms with Gasteiger partial charge in [-0.1, -0.05) is 37.3 Å². The van der Waals surface area contributed by atoms with Crippen LogP contribution in [0.3, 0.4) is 0 Å². The topological polar surface area (TPSA) is 37.4 Å². The second-order valence-electron chi connectivity index (χ2n) is 4.31. The summed E-state index contributed by atoms with van der Waals surface area (Å²) in [6, 6.07) is 16.0. The standard InChI is InChI=1S/C15H17NO2S/c1-3-13-9-11-14(12-10-13)16(2)19(17,18)15-7-5-4-6-8-15/h4-12H,3H2,1-2H3. The second kappa shape index (κ2) is 5.45. The summed E-state index contributed by atoms with van der Waals surface area (Å²) in [6.07, 6.45) is 0.940. The number of benzene rings is 2. The van der Waals surface area contributed by atoms with Crippen molar-refractivity contribution in [3.8, 4) is 0 Å². The molecule has 0 unspecified atom stereocenters. The summed E-state index contributed by atoms with van der Waals surface area (Å²) in [7, 11) is -1.91. The number of nitrogens with zero attached hydrogens (tertiary/aromatic N) is 1. The van der Waals surface area contributed by atoms with Gasteiger partial charge in [0.25, 0.3) is 10.0 Å². The van der Waals surface area contributed by atoms with Crippen LogP contribution >= 0.6 is 0 Å². The van der Waals surface area contributed by atoms with Gasteiger partial charge in [-0.15, -0.1) is 0 Å². The second-order valence-corrected chi connectivity index (χ2v) is 6.27. The summed E-state index contributed by atoms with van der Waals surface area (Å²) < 4.78 is 26.1. The Hall–Kier alpha value is -1.81. The minimum atomic E-state index is -3.48. The summed E-state index contributed by atoms with van der Waals surface area (Å²) in [6.45, 7) is 2.07. The first kappa shape index (κ1) is 13.6. The van der Waals surface area contributed by atoms with Gasteiger partial charge in [-0.3, -0.25) is 4.31 Å². The Morgan fingerprint density at radius 3 is 2.05 bits per heavy atom. The van der Waals surface area contributed by atoms with Crippen LogP contribution in [0, 0.1) is 0 Å². The molecule has 0 N–H and O–H groups in total. The summed E-state index contributed by atoms with van der Waals surface area (Å²) in [5.41, 5.74) is 1.86. The van der Waals surface area contributed by atoms with Gasteiger partial charge in [0, 0.05) is 7.05 Å². The van der Waals surface area contributed by atoms with Crippen LogP contribution < -0.4 is 4.31 Å². The van der Waals surface area contributed by atoms with Crippen LogP contribution in [0.25, 0.3) is 0 Å². The van der Waals surface area contributed by atoms with E-state index >= 15 is 0 Å². The van der Waals surface area contributed by atoms with Gasteiger partial charge < -0.3 is 0 Å². The zero-order chi connectivity index (χ0) is 13.9. The van der Waals surface area contributed by atoms with E-state index in [2.05, 4.69) is 6.92 Å². The lowest BCUT2D eigenvalue weighted by Crippen LogP contribution is -2.26. The van der Waals surface area contributed by atoms with E-state index in [4.69, 9.17) is 0 Å². The van der Waals surface area contributed by atoms with E-state index in [1.165, 1.54) is 9.87 Å². The molecule has 4 heteroatoms. The van der Waals surface area contributed by atoms with E-state index in [0.717, 1.165) is 6.42 Å². The Balaban J connectivity index is 2.35. The van der Waals surface area contributed by atoms with E-state index < -0.39 is 10.0 Å². The van der Waals surface area contributed by atoms with Crippen LogP contribution in [0.4, 0.5) is 5.69 Å². The van der Waals surface area contributed by atoms with Gasteiger partial charge >= 0.3 is 0 Å². The molecule has 0 heterocycles. The van der Waals surface area contributed by atoms with Gasteiger partial charge in [0.05, 0.1) is 10.6 Å². The normalized spacial score (nSPS) is 11.3. The molecule has 0 fully saturated rings. The van der Waals surface area contributed by atoms with Crippen LogP contribution in [-0.2, 0) is 16.4 Å². The van der Waals surface area contributed by atoms with Crippen molar-refractivity contribution < 1.29 is 8.42 Å². The van der Waals surface area contributed by atoms with Crippen molar-refractivity contribution in [1.82, 2.24) is 0 Å². The van der Waals surface area contributed by atoms with Gasteiger partial charge in [-0.2, -0.15) is 0 Å². The third-order valence-electron chi connectivity index (χ3n) is 3.11. The highest BCUT2D eigenvalue weighted by Gasteiger charge is 2.20. The minimum absolute atomic E-state index is 0.303. The van der Waals surface area contributed by atoms with E-state index in [-0.39, 0.29) is 0 Å². The molecule has 0 aliphatic rings. The smallest absolute Gasteiger partial charge is 0.264 e.